The average Bonchev–Trinajstić information content (AvgIpc) is 3.35. The highest BCUT2D eigenvalue weighted by Crippen LogP contribution is 2.50. The molecule has 1 fully saturated rings. The van der Waals surface area contributed by atoms with Crippen LogP contribution in [0.25, 0.3) is 5.65 Å². The number of imidazole rings is 1. The number of nitrogens with zero attached hydrogens (tertiary/aromatic N) is 4. The number of ether oxygens (including phenoxy) is 3. The zero-order valence-electron chi connectivity index (χ0n) is 19.0. The van der Waals surface area contributed by atoms with Gasteiger partial charge < -0.3 is 14.2 Å². The fraction of sp³-hybridized carbons (Fsp3) is 0.409. The van der Waals surface area contributed by atoms with E-state index in [4.69, 9.17) is 14.2 Å². The third-order valence-electron chi connectivity index (χ3n) is 5.35. The minimum Gasteiger partial charge on any atom is -0.459 e. The number of esters is 2. The van der Waals surface area contributed by atoms with Crippen molar-refractivity contribution in [3.8, 4) is 0 Å². The highest BCUT2D eigenvalue weighted by molar-refractivity contribution is 7.99. The Balaban J connectivity index is 1.70. The quantitative estimate of drug-likeness (QED) is 0.348. The van der Waals surface area contributed by atoms with E-state index in [9.17, 15) is 9.59 Å². The summed E-state index contributed by atoms with van der Waals surface area (Å²) in [5, 5.41) is 5.44. The minimum atomic E-state index is -2.18. The van der Waals surface area contributed by atoms with Gasteiger partial charge in [-0.3, -0.25) is 4.79 Å². The predicted octanol–water partition coefficient (Wildman–Crippen LogP) is 3.66. The van der Waals surface area contributed by atoms with E-state index in [-0.39, 0.29) is 18.7 Å². The lowest BCUT2D eigenvalue weighted by Crippen LogP contribution is -2.47. The Kier molecular flexibility index (Phi) is 6.83. The lowest BCUT2D eigenvalue weighted by Gasteiger charge is -2.34. The van der Waals surface area contributed by atoms with Crippen molar-refractivity contribution in [3.63, 3.8) is 0 Å². The van der Waals surface area contributed by atoms with Crippen LogP contribution in [0.1, 0.15) is 36.3 Å². The molecule has 1 aromatic carbocycles. The average molecular weight is 507 g/mol. The first kappa shape index (κ1) is 24.4. The second-order valence-electron chi connectivity index (χ2n) is 7.80. The highest BCUT2D eigenvalue weighted by Gasteiger charge is 2.64. The van der Waals surface area contributed by atoms with Gasteiger partial charge in [-0.1, -0.05) is 30.0 Å². The van der Waals surface area contributed by atoms with Crippen molar-refractivity contribution in [3.05, 3.63) is 47.8 Å². The van der Waals surface area contributed by atoms with Crippen molar-refractivity contribution >= 4 is 41.1 Å². The van der Waals surface area contributed by atoms with Crippen LogP contribution in [0.2, 0.25) is 0 Å². The molecular weight excluding hydrogens is 483 g/mol. The molecule has 2 aromatic heterocycles. The van der Waals surface area contributed by atoms with Gasteiger partial charge in [0.15, 0.2) is 11.3 Å². The molecule has 0 saturated carbocycles. The van der Waals surface area contributed by atoms with Gasteiger partial charge in [-0.25, -0.2) is 23.7 Å². The third kappa shape index (κ3) is 4.37. The maximum Gasteiger partial charge on any atom is 0.338 e. The van der Waals surface area contributed by atoms with Crippen molar-refractivity contribution in [1.29, 1.82) is 0 Å². The second-order valence-corrected chi connectivity index (χ2v) is 9.37. The number of hydrogen-bond acceptors (Lipinski definition) is 10. The van der Waals surface area contributed by atoms with E-state index in [1.54, 1.807) is 30.3 Å². The van der Waals surface area contributed by atoms with Crippen molar-refractivity contribution in [2.45, 2.75) is 48.0 Å². The number of hydrogen-bond donors (Lipinski definition) is 0. The van der Waals surface area contributed by atoms with Crippen LogP contribution < -0.4 is 0 Å². The summed E-state index contributed by atoms with van der Waals surface area (Å²) in [5.41, 5.74) is -1.33. The molecule has 0 radical (unpaired) electrons. The molecule has 0 unspecified atom stereocenters. The van der Waals surface area contributed by atoms with Crippen LogP contribution in [0.5, 0.6) is 0 Å². The topological polar surface area (TPSA) is 105 Å². The van der Waals surface area contributed by atoms with E-state index in [0.29, 0.717) is 21.4 Å². The first-order chi connectivity index (χ1) is 16.2. The molecule has 9 nitrogen and oxygen atoms in total. The number of carbonyl (C=O) groups is 2. The number of fused-ring (bicyclic) bond motifs is 1. The van der Waals surface area contributed by atoms with Gasteiger partial charge in [0.25, 0.3) is 5.79 Å². The molecule has 3 atom stereocenters. The van der Waals surface area contributed by atoms with Crippen LogP contribution >= 0.6 is 23.5 Å². The van der Waals surface area contributed by atoms with Crippen molar-refractivity contribution < 1.29 is 28.2 Å². The molecule has 34 heavy (non-hydrogen) atoms. The maximum absolute atomic E-state index is 16.2. The summed E-state index contributed by atoms with van der Waals surface area (Å²) in [5.74, 6) is -3.46. The molecule has 3 heterocycles. The zero-order valence-corrected chi connectivity index (χ0v) is 20.6. The Morgan fingerprint density at radius 3 is 2.65 bits per heavy atom. The van der Waals surface area contributed by atoms with Crippen molar-refractivity contribution in [1.82, 2.24) is 19.6 Å². The molecule has 12 heteroatoms. The lowest BCUT2D eigenvalue weighted by atomic mass is 9.92. The summed E-state index contributed by atoms with van der Waals surface area (Å²) in [6, 6.07) is 8.44. The summed E-state index contributed by atoms with van der Waals surface area (Å²) in [7, 11) is 0. The third-order valence-corrected chi connectivity index (χ3v) is 6.55. The molecule has 0 amide bonds. The van der Waals surface area contributed by atoms with Gasteiger partial charge >= 0.3 is 11.9 Å². The Bertz CT molecular complexity index is 1220. The molecule has 1 aliphatic rings. The molecule has 3 aromatic rings. The first-order valence-corrected chi connectivity index (χ1v) is 12.8. The highest BCUT2D eigenvalue weighted by atomic mass is 32.2. The van der Waals surface area contributed by atoms with E-state index in [1.807, 2.05) is 12.5 Å². The van der Waals surface area contributed by atoms with Gasteiger partial charge in [-0.05, 0) is 31.6 Å². The van der Waals surface area contributed by atoms with Gasteiger partial charge in [0, 0.05) is 13.3 Å². The largest absolute Gasteiger partial charge is 0.459 e. The summed E-state index contributed by atoms with van der Waals surface area (Å²) >= 11 is 2.66. The van der Waals surface area contributed by atoms with Crippen LogP contribution in [0, 0.1) is 0 Å². The second kappa shape index (κ2) is 9.51. The maximum atomic E-state index is 16.2. The van der Waals surface area contributed by atoms with Crippen LogP contribution in [0.4, 0.5) is 4.39 Å². The van der Waals surface area contributed by atoms with Gasteiger partial charge in [-0.15, -0.1) is 16.9 Å². The summed E-state index contributed by atoms with van der Waals surface area (Å²) in [4.78, 5) is 33.2. The SMILES string of the molecule is CSc1nc(SC)c2ncc([C@]3(OC(C)=O)O[C@H](COC(=O)c4ccccc4)C[C@@]3(C)F)n2n1. The Hall–Kier alpha value is -2.70. The molecular formula is C22H23FN4O5S2. The lowest BCUT2D eigenvalue weighted by molar-refractivity contribution is -0.270. The molecule has 1 saturated heterocycles. The first-order valence-electron chi connectivity index (χ1n) is 10.3. The number of aromatic nitrogens is 4. The van der Waals surface area contributed by atoms with E-state index < -0.39 is 29.5 Å². The van der Waals surface area contributed by atoms with E-state index in [0.717, 1.165) is 0 Å². The van der Waals surface area contributed by atoms with Gasteiger partial charge in [0.05, 0.1) is 17.9 Å². The molecule has 1 aliphatic heterocycles. The molecule has 0 aliphatic carbocycles. The normalized spacial score (nSPS) is 24.3. The van der Waals surface area contributed by atoms with Crippen molar-refractivity contribution in [2.24, 2.45) is 0 Å². The number of thioether (sulfide) groups is 2. The summed E-state index contributed by atoms with van der Waals surface area (Å²) in [6.07, 6.45) is 3.95. The van der Waals surface area contributed by atoms with Gasteiger partial charge in [0.2, 0.25) is 5.16 Å². The number of benzene rings is 1. The van der Waals surface area contributed by atoms with Crippen LogP contribution in [0.15, 0.2) is 46.7 Å². The fourth-order valence-electron chi connectivity index (χ4n) is 3.88. The monoisotopic (exact) mass is 506 g/mol. The van der Waals surface area contributed by atoms with E-state index >= 15 is 4.39 Å². The standard InChI is InChI=1S/C22H23FN4O5S2/c1-13(28)31-22(16-11-24-17-18(33-3)25-20(34-4)26-27(16)17)21(2,23)10-15(32-22)12-30-19(29)14-8-6-5-7-9-14/h5-9,11,15H,10,12H2,1-4H3/t15-,21+,22-/m0/s1. The van der Waals surface area contributed by atoms with Crippen LogP contribution in [0.3, 0.4) is 0 Å². The number of carbonyl (C=O) groups excluding carboxylic acids is 2. The number of halogens is 1. The Labute approximate surface area is 203 Å². The molecule has 4 rings (SSSR count). The number of rotatable bonds is 7. The smallest absolute Gasteiger partial charge is 0.338 e. The minimum absolute atomic E-state index is 0.104. The molecule has 0 bridgehead atoms. The van der Waals surface area contributed by atoms with Crippen LogP contribution in [-0.2, 0) is 24.8 Å². The summed E-state index contributed by atoms with van der Waals surface area (Å²) < 4.78 is 34.5. The predicted molar refractivity (Wildman–Crippen MR) is 124 cm³/mol. The fourth-order valence-corrected chi connectivity index (χ4v) is 4.78. The number of alkyl halides is 1. The van der Waals surface area contributed by atoms with Gasteiger partial charge in [0.1, 0.15) is 17.3 Å². The Morgan fingerprint density at radius 1 is 1.26 bits per heavy atom. The van der Waals surface area contributed by atoms with E-state index in [2.05, 4.69) is 15.1 Å². The van der Waals surface area contributed by atoms with Crippen molar-refractivity contribution in [2.75, 3.05) is 19.1 Å². The zero-order chi connectivity index (χ0) is 24.5. The van der Waals surface area contributed by atoms with Crippen LogP contribution in [-0.4, -0.2) is 62.4 Å². The van der Waals surface area contributed by atoms with Gasteiger partial charge in [-0.2, -0.15) is 0 Å². The molecule has 180 valence electrons. The van der Waals surface area contributed by atoms with E-state index in [1.165, 1.54) is 48.1 Å². The molecule has 0 spiro atoms. The summed E-state index contributed by atoms with van der Waals surface area (Å²) in [6.45, 7) is 2.22. The molecule has 0 N–H and O–H groups in total. The Morgan fingerprint density at radius 2 is 2.00 bits per heavy atom.